The molecule has 3 rings (SSSR count). The number of carbonyl (C=O) groups is 1. The van der Waals surface area contributed by atoms with E-state index in [4.69, 9.17) is 0 Å². The summed E-state index contributed by atoms with van der Waals surface area (Å²) in [6.45, 7) is 4.81. The van der Waals surface area contributed by atoms with Crippen molar-refractivity contribution in [1.82, 2.24) is 10.6 Å². The molecular formula is C16H22N2O2. The molecular weight excluding hydrogens is 252 g/mol. The molecule has 3 unspecified atom stereocenters. The normalized spacial score (nSPS) is 31.1. The molecule has 0 bridgehead atoms. The van der Waals surface area contributed by atoms with Crippen LogP contribution in [0.2, 0.25) is 0 Å². The van der Waals surface area contributed by atoms with Crippen LogP contribution in [0.4, 0.5) is 0 Å². The summed E-state index contributed by atoms with van der Waals surface area (Å²) in [5.74, 6) is 0.0159. The van der Waals surface area contributed by atoms with Crippen molar-refractivity contribution in [3.05, 3.63) is 35.4 Å². The maximum Gasteiger partial charge on any atom is 0.241 e. The van der Waals surface area contributed by atoms with E-state index in [0.717, 1.165) is 18.5 Å². The van der Waals surface area contributed by atoms with Gasteiger partial charge >= 0.3 is 0 Å². The molecule has 3 N–H and O–H groups in total. The van der Waals surface area contributed by atoms with Crippen LogP contribution in [0.25, 0.3) is 0 Å². The minimum Gasteiger partial charge on any atom is -0.392 e. The van der Waals surface area contributed by atoms with Gasteiger partial charge in [0.15, 0.2) is 0 Å². The standard InChI is InChI=1S/C16H22N2O2/c1-16(2)12(9-13(16)19)18-15(20)14-11-6-4-3-5-10(11)7-8-17-14/h3-6,12-14,17,19H,7-9H2,1-2H3,(H,18,20). The van der Waals surface area contributed by atoms with Gasteiger partial charge in [-0.25, -0.2) is 0 Å². The fourth-order valence-electron chi connectivity index (χ4n) is 3.14. The number of carbonyl (C=O) groups excluding carboxylic acids is 1. The van der Waals surface area contributed by atoms with Crippen LogP contribution < -0.4 is 10.6 Å². The van der Waals surface area contributed by atoms with Crippen molar-refractivity contribution in [3.63, 3.8) is 0 Å². The number of amides is 1. The first-order valence-electron chi connectivity index (χ1n) is 7.30. The third kappa shape index (κ3) is 2.13. The maximum absolute atomic E-state index is 12.5. The Morgan fingerprint density at radius 3 is 2.85 bits per heavy atom. The Labute approximate surface area is 119 Å². The lowest BCUT2D eigenvalue weighted by Crippen LogP contribution is -2.62. The van der Waals surface area contributed by atoms with Crippen LogP contribution in [-0.2, 0) is 11.2 Å². The first-order valence-corrected chi connectivity index (χ1v) is 7.30. The Kier molecular flexibility index (Phi) is 3.30. The molecule has 0 saturated heterocycles. The van der Waals surface area contributed by atoms with Crippen LogP contribution in [0.15, 0.2) is 24.3 Å². The van der Waals surface area contributed by atoms with Gasteiger partial charge in [0, 0.05) is 18.0 Å². The second-order valence-electron chi connectivity index (χ2n) is 6.47. The molecule has 1 aliphatic carbocycles. The van der Waals surface area contributed by atoms with Gasteiger partial charge in [-0.05, 0) is 24.0 Å². The highest BCUT2D eigenvalue weighted by molar-refractivity contribution is 5.84. The monoisotopic (exact) mass is 274 g/mol. The van der Waals surface area contributed by atoms with Gasteiger partial charge < -0.3 is 15.7 Å². The predicted octanol–water partition coefficient (Wildman–Crippen LogP) is 1.15. The Balaban J connectivity index is 1.73. The summed E-state index contributed by atoms with van der Waals surface area (Å²) in [6, 6.07) is 7.89. The summed E-state index contributed by atoms with van der Waals surface area (Å²) in [5.41, 5.74) is 2.09. The first kappa shape index (κ1) is 13.6. The Bertz CT molecular complexity index is 527. The molecule has 0 radical (unpaired) electrons. The SMILES string of the molecule is CC1(C)C(O)CC1NC(=O)C1NCCc2ccccc21. The average Bonchev–Trinajstić information content (AvgIpc) is 2.46. The van der Waals surface area contributed by atoms with Crippen LogP contribution in [-0.4, -0.2) is 29.7 Å². The number of nitrogens with one attached hydrogen (secondary N) is 2. The maximum atomic E-state index is 12.5. The number of aliphatic hydroxyl groups excluding tert-OH is 1. The van der Waals surface area contributed by atoms with E-state index in [1.807, 2.05) is 32.0 Å². The highest BCUT2D eigenvalue weighted by Gasteiger charge is 2.48. The lowest BCUT2D eigenvalue weighted by molar-refractivity contribution is -0.131. The number of aliphatic hydroxyl groups is 1. The van der Waals surface area contributed by atoms with Crippen molar-refractivity contribution in [1.29, 1.82) is 0 Å². The lowest BCUT2D eigenvalue weighted by Gasteiger charge is -2.49. The molecule has 4 heteroatoms. The van der Waals surface area contributed by atoms with Gasteiger partial charge in [-0.15, -0.1) is 0 Å². The van der Waals surface area contributed by atoms with Gasteiger partial charge in [-0.1, -0.05) is 38.1 Å². The topological polar surface area (TPSA) is 61.4 Å². The average molecular weight is 274 g/mol. The minimum atomic E-state index is -0.320. The predicted molar refractivity (Wildman–Crippen MR) is 77.2 cm³/mol. The fraction of sp³-hybridized carbons (Fsp3) is 0.562. The van der Waals surface area contributed by atoms with Crippen molar-refractivity contribution in [2.75, 3.05) is 6.54 Å². The van der Waals surface area contributed by atoms with E-state index in [1.54, 1.807) is 0 Å². The molecule has 1 aliphatic heterocycles. The zero-order valence-electron chi connectivity index (χ0n) is 12.0. The highest BCUT2D eigenvalue weighted by atomic mass is 16.3. The molecule has 1 saturated carbocycles. The smallest absolute Gasteiger partial charge is 0.241 e. The second kappa shape index (κ2) is 4.86. The Morgan fingerprint density at radius 1 is 1.40 bits per heavy atom. The van der Waals surface area contributed by atoms with E-state index in [9.17, 15) is 9.90 Å². The summed E-state index contributed by atoms with van der Waals surface area (Å²) in [4.78, 5) is 12.5. The third-order valence-corrected chi connectivity index (χ3v) is 4.90. The first-order chi connectivity index (χ1) is 9.50. The van der Waals surface area contributed by atoms with Crippen LogP contribution in [0.1, 0.15) is 37.4 Å². The summed E-state index contributed by atoms with van der Waals surface area (Å²) in [7, 11) is 0. The Morgan fingerprint density at radius 2 is 2.15 bits per heavy atom. The summed E-state index contributed by atoms with van der Waals surface area (Å²) in [6.07, 6.45) is 1.29. The van der Waals surface area contributed by atoms with Crippen LogP contribution in [0.5, 0.6) is 0 Å². The molecule has 1 aromatic carbocycles. The van der Waals surface area contributed by atoms with Crippen molar-refractivity contribution >= 4 is 5.91 Å². The zero-order valence-corrected chi connectivity index (χ0v) is 12.0. The molecule has 1 heterocycles. The van der Waals surface area contributed by atoms with Crippen LogP contribution in [0, 0.1) is 5.41 Å². The molecule has 0 aromatic heterocycles. The molecule has 1 aromatic rings. The summed E-state index contributed by atoms with van der Waals surface area (Å²) < 4.78 is 0. The van der Waals surface area contributed by atoms with Gasteiger partial charge in [0.1, 0.15) is 6.04 Å². The van der Waals surface area contributed by atoms with Crippen molar-refractivity contribution in [3.8, 4) is 0 Å². The second-order valence-corrected chi connectivity index (χ2v) is 6.47. The molecule has 2 aliphatic rings. The number of hydrogen-bond acceptors (Lipinski definition) is 3. The van der Waals surface area contributed by atoms with Crippen LogP contribution >= 0.6 is 0 Å². The van der Waals surface area contributed by atoms with E-state index in [2.05, 4.69) is 16.7 Å². The molecule has 4 nitrogen and oxygen atoms in total. The van der Waals surface area contributed by atoms with E-state index in [0.29, 0.717) is 6.42 Å². The number of hydrogen-bond donors (Lipinski definition) is 3. The molecule has 20 heavy (non-hydrogen) atoms. The molecule has 1 fully saturated rings. The van der Waals surface area contributed by atoms with Gasteiger partial charge in [-0.3, -0.25) is 4.79 Å². The van der Waals surface area contributed by atoms with Crippen molar-refractivity contribution in [2.24, 2.45) is 5.41 Å². The van der Waals surface area contributed by atoms with Crippen molar-refractivity contribution < 1.29 is 9.90 Å². The third-order valence-electron chi connectivity index (χ3n) is 4.90. The quantitative estimate of drug-likeness (QED) is 0.758. The number of rotatable bonds is 2. The lowest BCUT2D eigenvalue weighted by atomic mass is 9.64. The molecule has 0 spiro atoms. The van der Waals surface area contributed by atoms with Gasteiger partial charge in [0.2, 0.25) is 5.91 Å². The van der Waals surface area contributed by atoms with Gasteiger partial charge in [0.25, 0.3) is 0 Å². The highest BCUT2D eigenvalue weighted by Crippen LogP contribution is 2.40. The minimum absolute atomic E-state index is 0.0159. The van der Waals surface area contributed by atoms with E-state index in [-0.39, 0.29) is 29.5 Å². The van der Waals surface area contributed by atoms with E-state index >= 15 is 0 Å². The van der Waals surface area contributed by atoms with E-state index < -0.39 is 0 Å². The Hall–Kier alpha value is -1.39. The fourth-order valence-corrected chi connectivity index (χ4v) is 3.14. The zero-order chi connectivity index (χ0) is 14.3. The van der Waals surface area contributed by atoms with Gasteiger partial charge in [-0.2, -0.15) is 0 Å². The summed E-state index contributed by atoms with van der Waals surface area (Å²) in [5, 5.41) is 16.1. The van der Waals surface area contributed by atoms with Crippen molar-refractivity contribution in [2.45, 2.75) is 44.9 Å². The molecule has 1 amide bonds. The van der Waals surface area contributed by atoms with E-state index in [1.165, 1.54) is 5.56 Å². The largest absolute Gasteiger partial charge is 0.392 e. The summed E-state index contributed by atoms with van der Waals surface area (Å²) >= 11 is 0. The number of benzene rings is 1. The van der Waals surface area contributed by atoms with Crippen LogP contribution in [0.3, 0.4) is 0 Å². The van der Waals surface area contributed by atoms with Gasteiger partial charge in [0.05, 0.1) is 6.10 Å². The number of fused-ring (bicyclic) bond motifs is 1. The molecule has 3 atom stereocenters. The molecule has 108 valence electrons.